The van der Waals surface area contributed by atoms with Crippen molar-refractivity contribution in [3.05, 3.63) is 222 Å². The van der Waals surface area contributed by atoms with Gasteiger partial charge in [0.1, 0.15) is 0 Å². The molecule has 4 heterocycles. The molecule has 8 aromatic carbocycles. The molecule has 0 amide bonds. The molecule has 0 saturated heterocycles. The summed E-state index contributed by atoms with van der Waals surface area (Å²) in [6.07, 6.45) is 0. The molecule has 0 fully saturated rings. The Balaban J connectivity index is 0.972. The van der Waals surface area contributed by atoms with Crippen molar-refractivity contribution < 1.29 is 30.9 Å². The minimum atomic E-state index is -0.434. The Morgan fingerprint density at radius 2 is 1.11 bits per heavy atom. The number of hydrogen-bond donors (Lipinski definition) is 0. The average molecular weight is 982 g/mol. The van der Waals surface area contributed by atoms with Gasteiger partial charge in [-0.15, -0.1) is 0 Å². The third-order valence-electron chi connectivity index (χ3n) is 11.7. The van der Waals surface area contributed by atoms with Gasteiger partial charge in [-0.2, -0.15) is 0 Å². The van der Waals surface area contributed by atoms with Crippen molar-refractivity contribution in [3.8, 4) is 56.4 Å². The molecule has 0 N–H and O–H groups in total. The molecule has 0 unspecified atom stereocenters. The Morgan fingerprint density at radius 3 is 1.92 bits per heavy atom. The van der Waals surface area contributed by atoms with Crippen LogP contribution >= 0.6 is 0 Å². The molecular weight excluding hydrogens is 941 g/mol. The number of pyridine rings is 1. The van der Waals surface area contributed by atoms with Gasteiger partial charge in [0, 0.05) is 11.3 Å². The van der Waals surface area contributed by atoms with Crippen LogP contribution < -0.4 is 19.8 Å². The van der Waals surface area contributed by atoms with E-state index in [1.54, 1.807) is 0 Å². The monoisotopic (exact) mass is 981 g/mol. The van der Waals surface area contributed by atoms with E-state index >= 15 is 0 Å². The van der Waals surface area contributed by atoms with Gasteiger partial charge in [-0.3, -0.25) is 0 Å². The third-order valence-corrected chi connectivity index (χ3v) is 12.7. The fraction of sp³-hybridized carbons (Fsp3) is 0. The van der Waals surface area contributed by atoms with E-state index in [1.807, 2.05) is 109 Å². The van der Waals surface area contributed by atoms with Gasteiger partial charge in [0.15, 0.2) is 0 Å². The minimum absolute atomic E-state index is 0.131. The normalized spacial score (nSPS) is 13.6. The molecule has 2 aliphatic heterocycles. The first-order valence-electron chi connectivity index (χ1n) is 22.8. The zero-order chi connectivity index (χ0) is 45.5. The quantitative estimate of drug-likeness (QED) is 0.149. The number of ether oxygens (including phenoxy) is 1. The molecule has 0 saturated carbocycles. The number of benzene rings is 8. The van der Waals surface area contributed by atoms with Crippen LogP contribution in [0.25, 0.3) is 55.8 Å². The molecule has 0 spiro atoms. The van der Waals surface area contributed by atoms with Crippen molar-refractivity contribution >= 4 is 46.4 Å². The van der Waals surface area contributed by atoms with Crippen LogP contribution in [0.2, 0.25) is 0 Å². The van der Waals surface area contributed by atoms with E-state index in [0.29, 0.717) is 22.9 Å². The Morgan fingerprint density at radius 1 is 0.500 bits per heavy atom. The maximum atomic E-state index is 9.06. The van der Waals surface area contributed by atoms with E-state index in [4.69, 9.17) is 16.6 Å². The molecule has 2 aromatic heterocycles. The molecule has 0 radical (unpaired) electrons. The molecule has 8 heteroatoms. The molecule has 62 heavy (non-hydrogen) atoms. The third kappa shape index (κ3) is 5.84. The predicted octanol–water partition coefficient (Wildman–Crippen LogP) is 12.7. The standard InChI is InChI=1S/C54H36BN5O.Pt/c1-3-18-38(19-4-1)42-26-16-27-43(39-20-5-2-6-21-39)54(42)58-37-57(48-30-11-12-31-49(48)58)40-22-15-23-41(36-40)61-53-35-17-34-52(56-53)60-51-33-14-13-32-50(51)59-47-29-10-8-25-45(47)44-24-7-9-28-46(44)55(59)60;/h1-36H;/i1D,3D,4D,18D,19D;. The number of imidazole rings is 1. The second-order valence-electron chi connectivity index (χ2n) is 15.1. The molecule has 296 valence electrons. The van der Waals surface area contributed by atoms with Gasteiger partial charge in [0.05, 0.1) is 0 Å². The average Bonchev–Trinajstić information content (AvgIpc) is 3.88. The van der Waals surface area contributed by atoms with Crippen molar-refractivity contribution in [1.82, 2.24) is 14.1 Å². The number of para-hydroxylation sites is 6. The number of nitrogens with zero attached hydrogens (tertiary/aromatic N) is 5. The first kappa shape index (κ1) is 31.4. The topological polar surface area (TPSA) is 38.5 Å². The van der Waals surface area contributed by atoms with Crippen LogP contribution in [0.5, 0.6) is 11.6 Å². The SMILES string of the molecule is [2H]c1c([2H])c([2H])c(-c2cccc(-c3ccccc3)c2-n2[c](=[Pt])n(-c3cccc(Oc4cccc(N5B6c7ccccc7-c7ccccc7N6c6ccccc65)n4)c3)c3ccccc32)c([2H])c1[2H]. The number of anilines is 4. The van der Waals surface area contributed by atoms with Crippen LogP contribution in [-0.4, -0.2) is 21.1 Å². The van der Waals surface area contributed by atoms with Crippen molar-refractivity contribution in [3.63, 3.8) is 0 Å². The van der Waals surface area contributed by atoms with Crippen LogP contribution in [-0.2, 0) is 19.4 Å². The first-order chi connectivity index (χ1) is 32.8. The fourth-order valence-electron chi connectivity index (χ4n) is 9.11. The summed E-state index contributed by atoms with van der Waals surface area (Å²) < 4.78 is 55.4. The van der Waals surface area contributed by atoms with Gasteiger partial charge in [-0.1, -0.05) is 54.6 Å². The van der Waals surface area contributed by atoms with Crippen LogP contribution in [0.1, 0.15) is 6.85 Å². The van der Waals surface area contributed by atoms with E-state index in [0.717, 1.165) is 54.5 Å². The zero-order valence-electron chi connectivity index (χ0n) is 37.9. The molecule has 6 nitrogen and oxygen atoms in total. The van der Waals surface area contributed by atoms with Crippen LogP contribution in [0, 0.1) is 3.80 Å². The van der Waals surface area contributed by atoms with Gasteiger partial charge in [-0.05, 0) is 17.7 Å². The Bertz CT molecular complexity index is 3680. The summed E-state index contributed by atoms with van der Waals surface area (Å²) >= 11 is 2.33. The summed E-state index contributed by atoms with van der Waals surface area (Å²) in [4.78, 5) is 9.89. The summed E-state index contributed by atoms with van der Waals surface area (Å²) in [5.41, 5.74) is 12.6. The van der Waals surface area contributed by atoms with Crippen molar-refractivity contribution in [2.75, 3.05) is 9.62 Å². The van der Waals surface area contributed by atoms with Gasteiger partial charge < -0.3 is 0 Å². The molecular formula is C54H36BN5OPt. The number of rotatable bonds is 7. The second kappa shape index (κ2) is 14.9. The Kier molecular flexibility index (Phi) is 7.56. The maximum absolute atomic E-state index is 9.06. The molecule has 10 aromatic rings. The van der Waals surface area contributed by atoms with Gasteiger partial charge in [0.25, 0.3) is 0 Å². The van der Waals surface area contributed by atoms with Crippen molar-refractivity contribution in [1.29, 1.82) is 0 Å². The van der Waals surface area contributed by atoms with Crippen LogP contribution in [0.4, 0.5) is 22.9 Å². The van der Waals surface area contributed by atoms with Crippen LogP contribution in [0.3, 0.4) is 0 Å². The van der Waals surface area contributed by atoms with E-state index in [2.05, 4.69) is 117 Å². The number of fused-ring (bicyclic) bond motifs is 9. The van der Waals surface area contributed by atoms with Crippen LogP contribution in [0.15, 0.2) is 218 Å². The summed E-state index contributed by atoms with van der Waals surface area (Å²) in [5.74, 6) is 1.78. The molecule has 2 aliphatic rings. The predicted molar refractivity (Wildman–Crippen MR) is 249 cm³/mol. The van der Waals surface area contributed by atoms with E-state index in [1.165, 1.54) is 16.6 Å². The number of hydrogen-bond acceptors (Lipinski definition) is 4. The van der Waals surface area contributed by atoms with Crippen molar-refractivity contribution in [2.24, 2.45) is 0 Å². The van der Waals surface area contributed by atoms with E-state index in [9.17, 15) is 0 Å². The first-order valence-corrected chi connectivity index (χ1v) is 21.5. The molecule has 0 aliphatic carbocycles. The zero-order valence-corrected chi connectivity index (χ0v) is 35.2. The fourth-order valence-corrected chi connectivity index (χ4v) is 10.2. The Labute approximate surface area is 377 Å². The number of aromatic nitrogens is 3. The summed E-state index contributed by atoms with van der Waals surface area (Å²) in [6, 6.07) is 61.5. The molecule has 0 bridgehead atoms. The second-order valence-corrected chi connectivity index (χ2v) is 16.1. The summed E-state index contributed by atoms with van der Waals surface area (Å²) in [5, 5.41) is 0. The van der Waals surface area contributed by atoms with E-state index in [-0.39, 0.29) is 36.7 Å². The van der Waals surface area contributed by atoms with Crippen molar-refractivity contribution in [2.45, 2.75) is 0 Å². The van der Waals surface area contributed by atoms with Gasteiger partial charge in [-0.25, -0.2) is 0 Å². The Hall–Kier alpha value is -7.47. The summed E-state index contributed by atoms with van der Waals surface area (Å²) in [6.45, 7) is -0.168. The van der Waals surface area contributed by atoms with Gasteiger partial charge >= 0.3 is 296 Å². The van der Waals surface area contributed by atoms with Gasteiger partial charge in [0.2, 0.25) is 0 Å². The molecule has 0 atom stereocenters. The summed E-state index contributed by atoms with van der Waals surface area (Å²) in [7, 11) is 0. The molecule has 12 rings (SSSR count). The van der Waals surface area contributed by atoms with E-state index < -0.39 is 6.04 Å².